The number of fused-ring (bicyclic) bond motifs is 1. The Kier molecular flexibility index (Phi) is 5.24. The highest BCUT2D eigenvalue weighted by molar-refractivity contribution is 5.96. The van der Waals surface area contributed by atoms with E-state index >= 15 is 0 Å². The van der Waals surface area contributed by atoms with Crippen LogP contribution >= 0.6 is 0 Å². The number of pyridine rings is 1. The molecule has 158 valence electrons. The van der Waals surface area contributed by atoms with E-state index in [0.29, 0.717) is 34.0 Å². The number of hydrogen-bond acceptors (Lipinski definition) is 7. The molecule has 0 unspecified atom stereocenters. The molecular weight excluding hydrogens is 396 g/mol. The highest BCUT2D eigenvalue weighted by Gasteiger charge is 2.17. The Morgan fingerprint density at radius 1 is 1.16 bits per heavy atom. The van der Waals surface area contributed by atoms with Crippen molar-refractivity contribution in [2.24, 2.45) is 0 Å². The Morgan fingerprint density at radius 3 is 2.68 bits per heavy atom. The molecule has 0 bridgehead atoms. The van der Waals surface area contributed by atoms with Crippen LogP contribution in [0.25, 0.3) is 22.5 Å². The Hall–Kier alpha value is -4.01. The first-order valence-electron chi connectivity index (χ1n) is 9.77. The number of hydrogen-bond donors (Lipinski definition) is 1. The third-order valence-electron chi connectivity index (χ3n) is 4.74. The normalized spacial score (nSPS) is 11.1. The van der Waals surface area contributed by atoms with Crippen LogP contribution in [0.5, 0.6) is 0 Å². The van der Waals surface area contributed by atoms with E-state index in [1.165, 1.54) is 11.0 Å². The Labute approximate surface area is 178 Å². The molecule has 0 saturated carbocycles. The summed E-state index contributed by atoms with van der Waals surface area (Å²) >= 11 is 0. The number of carbonyl (C=O) groups excluding carboxylic acids is 1. The maximum atomic E-state index is 12.8. The lowest BCUT2D eigenvalue weighted by molar-refractivity contribution is 0.0797. The summed E-state index contributed by atoms with van der Waals surface area (Å²) in [4.78, 5) is 31.0. The molecule has 0 aliphatic heterocycles. The third-order valence-corrected chi connectivity index (χ3v) is 4.74. The summed E-state index contributed by atoms with van der Waals surface area (Å²) in [5.74, 6) is 0.813. The summed E-state index contributed by atoms with van der Waals surface area (Å²) in [5.41, 5.74) is 1.19. The molecule has 4 aromatic rings. The highest BCUT2D eigenvalue weighted by Crippen LogP contribution is 2.26. The average molecular weight is 418 g/mol. The fourth-order valence-corrected chi connectivity index (χ4v) is 3.21. The molecule has 0 fully saturated rings. The lowest BCUT2D eigenvalue weighted by Crippen LogP contribution is -2.23. The van der Waals surface area contributed by atoms with Gasteiger partial charge in [0.15, 0.2) is 17.0 Å². The molecule has 0 radical (unpaired) electrons. The van der Waals surface area contributed by atoms with Crippen LogP contribution in [0.4, 0.5) is 11.5 Å². The van der Waals surface area contributed by atoms with Gasteiger partial charge in [0, 0.05) is 26.2 Å². The Balaban J connectivity index is 1.73. The van der Waals surface area contributed by atoms with Crippen molar-refractivity contribution in [3.05, 3.63) is 64.8 Å². The number of nitrogens with zero attached hydrogens (tertiary/aromatic N) is 5. The van der Waals surface area contributed by atoms with Crippen molar-refractivity contribution >= 4 is 28.4 Å². The van der Waals surface area contributed by atoms with Crippen molar-refractivity contribution in [3.63, 3.8) is 0 Å². The first-order chi connectivity index (χ1) is 14.8. The maximum Gasteiger partial charge on any atom is 0.289 e. The van der Waals surface area contributed by atoms with Crippen molar-refractivity contribution in [1.82, 2.24) is 24.6 Å². The lowest BCUT2D eigenvalue weighted by atomic mass is 10.1. The molecule has 1 amide bonds. The third kappa shape index (κ3) is 3.89. The average Bonchev–Trinajstić information content (AvgIpc) is 3.23. The summed E-state index contributed by atoms with van der Waals surface area (Å²) in [6, 6.07) is 12.1. The van der Waals surface area contributed by atoms with Crippen LogP contribution in [0, 0.1) is 0 Å². The molecule has 9 heteroatoms. The van der Waals surface area contributed by atoms with Gasteiger partial charge in [-0.25, -0.2) is 4.98 Å². The van der Waals surface area contributed by atoms with E-state index < -0.39 is 0 Å². The van der Waals surface area contributed by atoms with Crippen LogP contribution in [-0.4, -0.2) is 44.7 Å². The Bertz CT molecular complexity index is 1320. The van der Waals surface area contributed by atoms with Crippen LogP contribution in [0.15, 0.2) is 58.0 Å². The van der Waals surface area contributed by atoms with Gasteiger partial charge >= 0.3 is 0 Å². The van der Waals surface area contributed by atoms with Crippen LogP contribution in [0.2, 0.25) is 0 Å². The summed E-state index contributed by atoms with van der Waals surface area (Å²) in [5, 5.41) is 11.7. The second kappa shape index (κ2) is 8.02. The SMILES string of the molecule is CC(C)n1cnnc1-c1cccc(Nc2cccc3oc(C(=O)N(C)C)cc(=O)c23)n1. The van der Waals surface area contributed by atoms with Crippen LogP contribution < -0.4 is 10.7 Å². The van der Waals surface area contributed by atoms with Gasteiger partial charge in [0.1, 0.15) is 23.4 Å². The number of nitrogens with one attached hydrogen (secondary N) is 1. The standard InChI is InChI=1S/C22H22N6O3/c1-13(2)28-12-23-26-21(28)15-8-6-10-19(25-15)24-14-7-5-9-17-20(14)16(29)11-18(31-17)22(30)27(3)4/h5-13H,1-4H3,(H,24,25). The van der Waals surface area contributed by atoms with E-state index in [0.717, 1.165) is 0 Å². The zero-order valence-electron chi connectivity index (χ0n) is 17.7. The minimum absolute atomic E-state index is 0.00667. The first kappa shape index (κ1) is 20.3. The summed E-state index contributed by atoms with van der Waals surface area (Å²) in [7, 11) is 3.20. The molecule has 0 atom stereocenters. The van der Waals surface area contributed by atoms with Gasteiger partial charge in [0.2, 0.25) is 0 Å². The minimum atomic E-state index is -0.374. The van der Waals surface area contributed by atoms with Gasteiger partial charge in [-0.05, 0) is 38.1 Å². The molecule has 3 aromatic heterocycles. The van der Waals surface area contributed by atoms with E-state index in [1.54, 1.807) is 44.7 Å². The topological polar surface area (TPSA) is 106 Å². The summed E-state index contributed by atoms with van der Waals surface area (Å²) < 4.78 is 7.63. The summed E-state index contributed by atoms with van der Waals surface area (Å²) in [6.07, 6.45) is 1.67. The number of aromatic nitrogens is 4. The second-order valence-corrected chi connectivity index (χ2v) is 7.54. The molecule has 31 heavy (non-hydrogen) atoms. The number of anilines is 2. The fourth-order valence-electron chi connectivity index (χ4n) is 3.21. The molecular formula is C22H22N6O3. The highest BCUT2D eigenvalue weighted by atomic mass is 16.3. The van der Waals surface area contributed by atoms with Gasteiger partial charge in [-0.15, -0.1) is 10.2 Å². The zero-order chi connectivity index (χ0) is 22.1. The van der Waals surface area contributed by atoms with Gasteiger partial charge in [-0.2, -0.15) is 0 Å². The molecule has 0 aliphatic carbocycles. The number of benzene rings is 1. The van der Waals surface area contributed by atoms with Crippen molar-refractivity contribution in [1.29, 1.82) is 0 Å². The van der Waals surface area contributed by atoms with E-state index in [2.05, 4.69) is 20.5 Å². The van der Waals surface area contributed by atoms with Crippen molar-refractivity contribution in [3.8, 4) is 11.5 Å². The van der Waals surface area contributed by atoms with E-state index in [9.17, 15) is 9.59 Å². The molecule has 0 saturated heterocycles. The number of rotatable bonds is 5. The van der Waals surface area contributed by atoms with Crippen molar-refractivity contribution in [2.75, 3.05) is 19.4 Å². The smallest absolute Gasteiger partial charge is 0.289 e. The van der Waals surface area contributed by atoms with Gasteiger partial charge in [0.05, 0.1) is 11.1 Å². The monoisotopic (exact) mass is 418 g/mol. The molecule has 1 aromatic carbocycles. The van der Waals surface area contributed by atoms with Gasteiger partial charge in [-0.1, -0.05) is 12.1 Å². The van der Waals surface area contributed by atoms with Crippen molar-refractivity contribution < 1.29 is 9.21 Å². The summed E-state index contributed by atoms with van der Waals surface area (Å²) in [6.45, 7) is 4.08. The van der Waals surface area contributed by atoms with E-state index in [1.807, 2.05) is 30.5 Å². The van der Waals surface area contributed by atoms with E-state index in [-0.39, 0.29) is 23.1 Å². The molecule has 4 rings (SSSR count). The minimum Gasteiger partial charge on any atom is -0.451 e. The Morgan fingerprint density at radius 2 is 1.94 bits per heavy atom. The second-order valence-electron chi connectivity index (χ2n) is 7.54. The quantitative estimate of drug-likeness (QED) is 0.529. The van der Waals surface area contributed by atoms with Crippen LogP contribution in [0.1, 0.15) is 30.4 Å². The van der Waals surface area contributed by atoms with Gasteiger partial charge in [0.25, 0.3) is 5.91 Å². The molecule has 0 aliphatic rings. The molecule has 1 N–H and O–H groups in total. The van der Waals surface area contributed by atoms with Gasteiger partial charge < -0.3 is 19.2 Å². The molecule has 0 spiro atoms. The van der Waals surface area contributed by atoms with Crippen LogP contribution in [-0.2, 0) is 0 Å². The fraction of sp³-hybridized carbons (Fsp3) is 0.227. The maximum absolute atomic E-state index is 12.8. The predicted molar refractivity (Wildman–Crippen MR) is 117 cm³/mol. The van der Waals surface area contributed by atoms with Gasteiger partial charge in [-0.3, -0.25) is 9.59 Å². The molecule has 3 heterocycles. The van der Waals surface area contributed by atoms with E-state index in [4.69, 9.17) is 4.42 Å². The first-order valence-corrected chi connectivity index (χ1v) is 9.77. The zero-order valence-corrected chi connectivity index (χ0v) is 17.7. The number of amides is 1. The van der Waals surface area contributed by atoms with Crippen molar-refractivity contribution in [2.45, 2.75) is 19.9 Å². The lowest BCUT2D eigenvalue weighted by Gasteiger charge is -2.13. The predicted octanol–water partition coefficient (Wildman–Crippen LogP) is 3.47. The van der Waals surface area contributed by atoms with Crippen LogP contribution in [0.3, 0.4) is 0 Å². The molecule has 9 nitrogen and oxygen atoms in total. The largest absolute Gasteiger partial charge is 0.451 e. The number of carbonyl (C=O) groups is 1.